The molecule has 0 aromatic heterocycles. The average molecular weight is 373 g/mol. The van der Waals surface area contributed by atoms with Crippen molar-refractivity contribution in [2.24, 2.45) is 0 Å². The SMILES string of the molecule is O=C(NC1CC1)c1c(OC2CCN(C(=O)O)CC2)ccc(Cl)c1Cl. The van der Waals surface area contributed by atoms with E-state index in [2.05, 4.69) is 5.32 Å². The minimum atomic E-state index is -0.924. The van der Waals surface area contributed by atoms with Gasteiger partial charge in [0, 0.05) is 32.0 Å². The summed E-state index contributed by atoms with van der Waals surface area (Å²) in [6.07, 6.45) is 1.98. The summed E-state index contributed by atoms with van der Waals surface area (Å²) in [5.74, 6) is 0.0966. The van der Waals surface area contributed by atoms with Gasteiger partial charge in [0.05, 0.1) is 10.0 Å². The van der Waals surface area contributed by atoms with Crippen LogP contribution in [0.25, 0.3) is 0 Å². The van der Waals surface area contributed by atoms with E-state index in [0.29, 0.717) is 36.7 Å². The number of hydrogen-bond acceptors (Lipinski definition) is 3. The average Bonchev–Trinajstić information content (AvgIpc) is 3.35. The molecule has 0 atom stereocenters. The number of piperidine rings is 1. The molecule has 2 amide bonds. The monoisotopic (exact) mass is 372 g/mol. The lowest BCUT2D eigenvalue weighted by atomic mass is 10.1. The van der Waals surface area contributed by atoms with Crippen molar-refractivity contribution in [1.29, 1.82) is 0 Å². The van der Waals surface area contributed by atoms with Gasteiger partial charge in [-0.15, -0.1) is 0 Å². The molecule has 130 valence electrons. The number of nitrogens with one attached hydrogen (secondary N) is 1. The second-order valence-corrected chi connectivity index (χ2v) is 6.85. The van der Waals surface area contributed by atoms with Gasteiger partial charge in [-0.1, -0.05) is 23.2 Å². The summed E-state index contributed by atoms with van der Waals surface area (Å²) >= 11 is 12.3. The zero-order valence-corrected chi connectivity index (χ0v) is 14.4. The van der Waals surface area contributed by atoms with E-state index in [-0.39, 0.29) is 28.6 Å². The Balaban J connectivity index is 1.74. The number of nitrogens with zero attached hydrogens (tertiary/aromatic N) is 1. The predicted molar refractivity (Wildman–Crippen MR) is 90.2 cm³/mol. The third-order valence-corrected chi connectivity index (χ3v) is 5.01. The summed E-state index contributed by atoms with van der Waals surface area (Å²) in [7, 11) is 0. The Morgan fingerprint density at radius 1 is 1.17 bits per heavy atom. The Labute approximate surface area is 149 Å². The molecule has 1 aromatic rings. The van der Waals surface area contributed by atoms with E-state index in [1.165, 1.54) is 4.90 Å². The fourth-order valence-corrected chi connectivity index (χ4v) is 3.07. The van der Waals surface area contributed by atoms with E-state index in [0.717, 1.165) is 12.8 Å². The van der Waals surface area contributed by atoms with Crippen molar-refractivity contribution in [1.82, 2.24) is 10.2 Å². The van der Waals surface area contributed by atoms with Gasteiger partial charge in [0.1, 0.15) is 17.4 Å². The maximum atomic E-state index is 12.5. The standard InChI is InChI=1S/C16H18Cl2N2O4/c17-11-3-4-12(13(14(11)18)15(21)19-9-1-2-9)24-10-5-7-20(8-6-10)16(22)23/h3-4,9-10H,1-2,5-8H2,(H,19,21)(H,22,23). The number of rotatable bonds is 4. The molecule has 1 aliphatic carbocycles. The maximum Gasteiger partial charge on any atom is 0.407 e. The topological polar surface area (TPSA) is 78.9 Å². The number of carboxylic acid groups (broad SMARTS) is 1. The van der Waals surface area contributed by atoms with Crippen molar-refractivity contribution in [2.45, 2.75) is 37.8 Å². The third kappa shape index (κ3) is 3.87. The zero-order chi connectivity index (χ0) is 17.3. The molecule has 1 heterocycles. The molecule has 0 radical (unpaired) electrons. The predicted octanol–water partition coefficient (Wildman–Crippen LogP) is 3.41. The fourth-order valence-electron chi connectivity index (χ4n) is 2.67. The summed E-state index contributed by atoms with van der Waals surface area (Å²) in [5, 5.41) is 12.4. The van der Waals surface area contributed by atoms with Gasteiger partial charge in [0.2, 0.25) is 0 Å². The number of ether oxygens (including phenoxy) is 1. The molecule has 0 unspecified atom stereocenters. The largest absolute Gasteiger partial charge is 0.489 e. The Bertz CT molecular complexity index is 656. The lowest BCUT2D eigenvalue weighted by molar-refractivity contribution is 0.0865. The van der Waals surface area contributed by atoms with Crippen molar-refractivity contribution in [3.8, 4) is 5.75 Å². The third-order valence-electron chi connectivity index (χ3n) is 4.20. The van der Waals surface area contributed by atoms with E-state index < -0.39 is 6.09 Å². The number of carbonyl (C=O) groups is 2. The van der Waals surface area contributed by atoms with Gasteiger partial charge in [-0.3, -0.25) is 4.79 Å². The first-order valence-corrected chi connectivity index (χ1v) is 8.64. The summed E-state index contributed by atoms with van der Waals surface area (Å²) in [6.45, 7) is 0.815. The Morgan fingerprint density at radius 2 is 1.83 bits per heavy atom. The van der Waals surface area contributed by atoms with E-state index in [1.54, 1.807) is 12.1 Å². The molecule has 6 nitrogen and oxygen atoms in total. The van der Waals surface area contributed by atoms with E-state index >= 15 is 0 Å². The van der Waals surface area contributed by atoms with Gasteiger partial charge in [-0.05, 0) is 25.0 Å². The highest BCUT2D eigenvalue weighted by molar-refractivity contribution is 6.44. The minimum absolute atomic E-state index is 0.162. The van der Waals surface area contributed by atoms with Crippen LogP contribution in [0, 0.1) is 0 Å². The highest BCUT2D eigenvalue weighted by atomic mass is 35.5. The van der Waals surface area contributed by atoms with E-state index in [9.17, 15) is 9.59 Å². The van der Waals surface area contributed by atoms with Crippen LogP contribution in [0.5, 0.6) is 5.75 Å². The van der Waals surface area contributed by atoms with Crippen molar-refractivity contribution in [3.05, 3.63) is 27.7 Å². The number of amides is 2. The van der Waals surface area contributed by atoms with Crippen LogP contribution in [0.4, 0.5) is 4.79 Å². The number of hydrogen-bond donors (Lipinski definition) is 2. The number of benzene rings is 1. The van der Waals surface area contributed by atoms with Crippen LogP contribution in [0.3, 0.4) is 0 Å². The van der Waals surface area contributed by atoms with Crippen molar-refractivity contribution >= 4 is 35.2 Å². The molecular weight excluding hydrogens is 355 g/mol. The van der Waals surface area contributed by atoms with Gasteiger partial charge >= 0.3 is 6.09 Å². The first-order chi connectivity index (χ1) is 11.5. The van der Waals surface area contributed by atoms with Crippen molar-refractivity contribution in [2.75, 3.05) is 13.1 Å². The summed E-state index contributed by atoms with van der Waals surface area (Å²) in [6, 6.07) is 3.43. The van der Waals surface area contributed by atoms with Gasteiger partial charge in [0.25, 0.3) is 5.91 Å². The van der Waals surface area contributed by atoms with E-state index in [4.69, 9.17) is 33.0 Å². The summed E-state index contributed by atoms with van der Waals surface area (Å²) in [5.41, 5.74) is 0.247. The minimum Gasteiger partial charge on any atom is -0.489 e. The molecule has 24 heavy (non-hydrogen) atoms. The Morgan fingerprint density at radius 3 is 2.42 bits per heavy atom. The number of likely N-dealkylation sites (tertiary alicyclic amines) is 1. The summed E-state index contributed by atoms with van der Waals surface area (Å²) < 4.78 is 5.95. The van der Waals surface area contributed by atoms with Crippen molar-refractivity contribution < 1.29 is 19.4 Å². The van der Waals surface area contributed by atoms with Crippen LogP contribution in [-0.4, -0.2) is 47.2 Å². The molecule has 1 aliphatic heterocycles. The number of halogens is 2. The molecule has 2 fully saturated rings. The lowest BCUT2D eigenvalue weighted by Crippen LogP contribution is -2.41. The highest BCUT2D eigenvalue weighted by Crippen LogP contribution is 2.35. The van der Waals surface area contributed by atoms with Crippen LogP contribution in [0.15, 0.2) is 12.1 Å². The van der Waals surface area contributed by atoms with Crippen LogP contribution in [-0.2, 0) is 0 Å². The molecule has 1 saturated heterocycles. The second kappa shape index (κ2) is 7.07. The maximum absolute atomic E-state index is 12.5. The quantitative estimate of drug-likeness (QED) is 0.848. The fraction of sp³-hybridized carbons (Fsp3) is 0.500. The molecule has 0 bridgehead atoms. The molecule has 1 saturated carbocycles. The smallest absolute Gasteiger partial charge is 0.407 e. The molecule has 0 spiro atoms. The van der Waals surface area contributed by atoms with Crippen molar-refractivity contribution in [3.63, 3.8) is 0 Å². The number of carbonyl (C=O) groups excluding carboxylic acids is 1. The van der Waals surface area contributed by atoms with Gasteiger partial charge in [0.15, 0.2) is 0 Å². The Kier molecular flexibility index (Phi) is 5.06. The van der Waals surface area contributed by atoms with Crippen LogP contribution >= 0.6 is 23.2 Å². The van der Waals surface area contributed by atoms with Gasteiger partial charge in [-0.25, -0.2) is 4.79 Å². The molecule has 8 heteroatoms. The molecular formula is C16H18Cl2N2O4. The van der Waals surface area contributed by atoms with E-state index in [1.807, 2.05) is 0 Å². The van der Waals surface area contributed by atoms with Gasteiger partial charge in [-0.2, -0.15) is 0 Å². The highest BCUT2D eigenvalue weighted by Gasteiger charge is 2.29. The molecule has 1 aromatic carbocycles. The van der Waals surface area contributed by atoms with Crippen LogP contribution in [0.1, 0.15) is 36.0 Å². The zero-order valence-electron chi connectivity index (χ0n) is 12.9. The van der Waals surface area contributed by atoms with Crippen LogP contribution in [0.2, 0.25) is 10.0 Å². The molecule has 3 rings (SSSR count). The summed E-state index contributed by atoms with van der Waals surface area (Å²) in [4.78, 5) is 24.8. The molecule has 2 aliphatic rings. The first-order valence-electron chi connectivity index (χ1n) is 7.89. The molecule has 2 N–H and O–H groups in total. The van der Waals surface area contributed by atoms with Crippen LogP contribution < -0.4 is 10.1 Å². The lowest BCUT2D eigenvalue weighted by Gasteiger charge is -2.30. The normalized spacial score (nSPS) is 18.3. The Hall–Kier alpha value is -1.66. The first kappa shape index (κ1) is 17.2. The second-order valence-electron chi connectivity index (χ2n) is 6.07. The van der Waals surface area contributed by atoms with Gasteiger partial charge < -0.3 is 20.1 Å².